The van der Waals surface area contributed by atoms with Gasteiger partial charge in [0.1, 0.15) is 0 Å². The molecule has 0 aromatic heterocycles. The number of hydrogen-bond acceptors (Lipinski definition) is 5. The van der Waals surface area contributed by atoms with Gasteiger partial charge in [-0.05, 0) is 26.2 Å². The van der Waals surface area contributed by atoms with Crippen LogP contribution in [0.4, 0.5) is 0 Å². The summed E-state index contributed by atoms with van der Waals surface area (Å²) in [7, 11) is -3.32. The lowest BCUT2D eigenvalue weighted by atomic mass is 10.0. The summed E-state index contributed by atoms with van der Waals surface area (Å²) in [6.45, 7) is 2.93. The first kappa shape index (κ1) is 16.4. The van der Waals surface area contributed by atoms with Gasteiger partial charge in [0, 0.05) is 25.7 Å². The zero-order valence-corrected chi connectivity index (χ0v) is 12.0. The molecule has 0 radical (unpaired) electrons. The molecule has 1 fully saturated rings. The number of nitrogens with zero attached hydrogens (tertiary/aromatic N) is 1. The summed E-state index contributed by atoms with van der Waals surface area (Å²) < 4.78 is 26.0. The highest BCUT2D eigenvalue weighted by Gasteiger charge is 2.27. The number of primary amides is 1. The Balaban J connectivity index is 2.40. The smallest absolute Gasteiger partial charge is 0.234 e. The Kier molecular flexibility index (Phi) is 6.18. The fourth-order valence-electron chi connectivity index (χ4n) is 2.15. The first-order valence-electron chi connectivity index (χ1n) is 6.50. The maximum absolute atomic E-state index is 11.7. The number of rotatable bonds is 7. The number of hydrogen-bond donors (Lipinski definition) is 3. The maximum atomic E-state index is 11.7. The van der Waals surface area contributed by atoms with Gasteiger partial charge in [0.05, 0.1) is 11.8 Å². The molecule has 19 heavy (non-hydrogen) atoms. The lowest BCUT2D eigenvalue weighted by Crippen LogP contribution is -2.50. The van der Waals surface area contributed by atoms with Crippen LogP contribution in [0.15, 0.2) is 0 Å². The molecule has 1 rings (SSSR count). The van der Waals surface area contributed by atoms with E-state index in [1.807, 2.05) is 4.90 Å². The number of aliphatic hydroxyl groups excluding tert-OH is 1. The molecule has 1 amide bonds. The minimum atomic E-state index is -3.32. The molecule has 0 saturated carbocycles. The van der Waals surface area contributed by atoms with Gasteiger partial charge in [-0.1, -0.05) is 0 Å². The fourth-order valence-corrected chi connectivity index (χ4v) is 3.52. The third-order valence-corrected chi connectivity index (χ3v) is 4.93. The van der Waals surface area contributed by atoms with E-state index < -0.39 is 10.0 Å². The number of likely N-dealkylation sites (tertiary alicyclic amines) is 1. The largest absolute Gasteiger partial charge is 0.396 e. The summed E-state index contributed by atoms with van der Waals surface area (Å²) in [5.41, 5.74) is 5.24. The van der Waals surface area contributed by atoms with Crippen LogP contribution in [0.5, 0.6) is 0 Å². The summed E-state index contributed by atoms with van der Waals surface area (Å²) in [5, 5.41) is 8.64. The SMILES string of the molecule is C[C@@H](C(N)=O)N1CCC(NS(=O)(=O)CCCO)CC1. The number of carbonyl (C=O) groups is 1. The van der Waals surface area contributed by atoms with Gasteiger partial charge in [-0.2, -0.15) is 0 Å². The van der Waals surface area contributed by atoms with Crippen molar-refractivity contribution in [2.75, 3.05) is 25.4 Å². The first-order chi connectivity index (χ1) is 8.85. The third kappa shape index (κ3) is 5.43. The van der Waals surface area contributed by atoms with Crippen LogP contribution in [0, 0.1) is 0 Å². The minimum absolute atomic E-state index is 0.0542. The highest BCUT2D eigenvalue weighted by molar-refractivity contribution is 7.89. The van der Waals surface area contributed by atoms with E-state index in [-0.39, 0.29) is 36.8 Å². The molecule has 0 aromatic carbocycles. The van der Waals surface area contributed by atoms with Gasteiger partial charge in [-0.15, -0.1) is 0 Å². The molecule has 0 unspecified atom stereocenters. The Hall–Kier alpha value is -0.700. The topological polar surface area (TPSA) is 113 Å². The van der Waals surface area contributed by atoms with Gasteiger partial charge in [0.25, 0.3) is 0 Å². The fraction of sp³-hybridized carbons (Fsp3) is 0.909. The first-order valence-corrected chi connectivity index (χ1v) is 8.15. The van der Waals surface area contributed by atoms with Crippen LogP contribution in [0.1, 0.15) is 26.2 Å². The molecule has 4 N–H and O–H groups in total. The molecular formula is C11H23N3O4S. The van der Waals surface area contributed by atoms with Gasteiger partial charge in [-0.3, -0.25) is 9.69 Å². The third-order valence-electron chi connectivity index (χ3n) is 3.41. The maximum Gasteiger partial charge on any atom is 0.234 e. The van der Waals surface area contributed by atoms with Gasteiger partial charge in [0.2, 0.25) is 15.9 Å². The van der Waals surface area contributed by atoms with Crippen LogP contribution in [0.25, 0.3) is 0 Å². The number of aliphatic hydroxyl groups is 1. The number of nitrogens with two attached hydrogens (primary N) is 1. The number of nitrogens with one attached hydrogen (secondary N) is 1. The van der Waals surface area contributed by atoms with Crippen molar-refractivity contribution in [2.24, 2.45) is 5.73 Å². The van der Waals surface area contributed by atoms with Crippen molar-refractivity contribution >= 4 is 15.9 Å². The van der Waals surface area contributed by atoms with Crippen molar-refractivity contribution in [3.63, 3.8) is 0 Å². The summed E-state index contributed by atoms with van der Waals surface area (Å²) in [4.78, 5) is 13.0. The monoisotopic (exact) mass is 293 g/mol. The van der Waals surface area contributed by atoms with Gasteiger partial charge in [0.15, 0.2) is 0 Å². The van der Waals surface area contributed by atoms with E-state index in [1.54, 1.807) is 6.92 Å². The van der Waals surface area contributed by atoms with Crippen molar-refractivity contribution in [3.8, 4) is 0 Å². The second-order valence-electron chi connectivity index (χ2n) is 4.90. The molecule has 7 nitrogen and oxygen atoms in total. The number of carbonyl (C=O) groups excluding carboxylic acids is 1. The lowest BCUT2D eigenvalue weighted by Gasteiger charge is -2.34. The highest BCUT2D eigenvalue weighted by atomic mass is 32.2. The Morgan fingerprint density at radius 3 is 2.53 bits per heavy atom. The average molecular weight is 293 g/mol. The predicted molar refractivity (Wildman–Crippen MR) is 71.9 cm³/mol. The summed E-state index contributed by atoms with van der Waals surface area (Å²) in [5.74, 6) is -0.413. The molecule has 1 aliphatic rings. The van der Waals surface area contributed by atoms with Crippen LogP contribution in [-0.4, -0.2) is 61.9 Å². The Morgan fingerprint density at radius 1 is 1.47 bits per heavy atom. The van der Waals surface area contributed by atoms with Crippen LogP contribution in [0.3, 0.4) is 0 Å². The van der Waals surface area contributed by atoms with Crippen LogP contribution >= 0.6 is 0 Å². The van der Waals surface area contributed by atoms with E-state index in [2.05, 4.69) is 4.72 Å². The molecule has 0 aliphatic carbocycles. The van der Waals surface area contributed by atoms with Gasteiger partial charge < -0.3 is 10.8 Å². The molecule has 1 atom stereocenters. The Labute approximate surface area is 114 Å². The molecule has 1 aliphatic heterocycles. The second kappa shape index (κ2) is 7.18. The summed E-state index contributed by atoms with van der Waals surface area (Å²) >= 11 is 0. The van der Waals surface area contributed by atoms with Crippen molar-refractivity contribution < 1.29 is 18.3 Å². The minimum Gasteiger partial charge on any atom is -0.396 e. The molecule has 0 spiro atoms. The van der Waals surface area contributed by atoms with Crippen LogP contribution < -0.4 is 10.5 Å². The van der Waals surface area contributed by atoms with Gasteiger partial charge >= 0.3 is 0 Å². The van der Waals surface area contributed by atoms with Crippen LogP contribution in [-0.2, 0) is 14.8 Å². The molecule has 1 saturated heterocycles. The molecule has 112 valence electrons. The van der Waals surface area contributed by atoms with Crippen molar-refractivity contribution in [1.29, 1.82) is 0 Å². The molecule has 0 bridgehead atoms. The molecule has 8 heteroatoms. The molecule has 0 aromatic rings. The van der Waals surface area contributed by atoms with E-state index in [9.17, 15) is 13.2 Å². The van der Waals surface area contributed by atoms with E-state index >= 15 is 0 Å². The van der Waals surface area contributed by atoms with Crippen molar-refractivity contribution in [2.45, 2.75) is 38.3 Å². The van der Waals surface area contributed by atoms with E-state index in [0.717, 1.165) is 0 Å². The van der Waals surface area contributed by atoms with E-state index in [0.29, 0.717) is 25.9 Å². The summed E-state index contributed by atoms with van der Waals surface area (Å²) in [6.07, 6.45) is 1.57. The van der Waals surface area contributed by atoms with Gasteiger partial charge in [-0.25, -0.2) is 13.1 Å². The van der Waals surface area contributed by atoms with Crippen molar-refractivity contribution in [3.05, 3.63) is 0 Å². The Morgan fingerprint density at radius 2 is 2.05 bits per heavy atom. The Bertz CT molecular complexity index is 391. The molecular weight excluding hydrogens is 270 g/mol. The quantitative estimate of drug-likeness (QED) is 0.536. The van der Waals surface area contributed by atoms with E-state index in [1.165, 1.54) is 0 Å². The van der Waals surface area contributed by atoms with E-state index in [4.69, 9.17) is 10.8 Å². The average Bonchev–Trinajstić information content (AvgIpc) is 2.36. The number of amides is 1. The van der Waals surface area contributed by atoms with Crippen molar-refractivity contribution in [1.82, 2.24) is 9.62 Å². The zero-order chi connectivity index (χ0) is 14.5. The standard InChI is InChI=1S/C11H23N3O4S/c1-9(11(12)16)14-5-3-10(4-6-14)13-19(17,18)8-2-7-15/h9-10,13,15H,2-8H2,1H3,(H2,12,16)/t9-/m0/s1. The highest BCUT2D eigenvalue weighted by Crippen LogP contribution is 2.14. The lowest BCUT2D eigenvalue weighted by molar-refractivity contribution is -0.123. The number of piperidine rings is 1. The normalized spacial score (nSPS) is 20.3. The van der Waals surface area contributed by atoms with Crippen LogP contribution in [0.2, 0.25) is 0 Å². The molecule has 1 heterocycles. The number of sulfonamides is 1. The second-order valence-corrected chi connectivity index (χ2v) is 6.78. The summed E-state index contributed by atoms with van der Waals surface area (Å²) in [6, 6.07) is -0.410. The zero-order valence-electron chi connectivity index (χ0n) is 11.2. The predicted octanol–water partition coefficient (Wildman–Crippen LogP) is -1.37.